The zero-order valence-electron chi connectivity index (χ0n) is 13.2. The van der Waals surface area contributed by atoms with Gasteiger partial charge in [-0.3, -0.25) is 4.57 Å². The van der Waals surface area contributed by atoms with Crippen molar-refractivity contribution in [2.75, 3.05) is 13.1 Å². The Kier molecular flexibility index (Phi) is 4.45. The van der Waals surface area contributed by atoms with Crippen molar-refractivity contribution in [3.8, 4) is 11.4 Å². The summed E-state index contributed by atoms with van der Waals surface area (Å²) in [5.74, 6) is 0.705. The SMILES string of the molecule is CCNC(=O)NCCn1nc(-c2ccccc2)n(C2CC2)c1=O. The van der Waals surface area contributed by atoms with Gasteiger partial charge in [0.1, 0.15) is 0 Å². The first kappa shape index (κ1) is 15.3. The van der Waals surface area contributed by atoms with Crippen molar-refractivity contribution in [1.29, 1.82) is 0 Å². The molecule has 0 radical (unpaired) electrons. The summed E-state index contributed by atoms with van der Waals surface area (Å²) in [6, 6.07) is 9.75. The normalized spacial score (nSPS) is 13.8. The number of urea groups is 1. The minimum absolute atomic E-state index is 0.107. The van der Waals surface area contributed by atoms with Gasteiger partial charge in [-0.2, -0.15) is 0 Å². The highest BCUT2D eigenvalue weighted by Gasteiger charge is 2.30. The molecule has 2 aromatic rings. The summed E-state index contributed by atoms with van der Waals surface area (Å²) in [6.07, 6.45) is 2.03. The van der Waals surface area contributed by atoms with Crippen LogP contribution in [0.1, 0.15) is 25.8 Å². The van der Waals surface area contributed by atoms with Crippen molar-refractivity contribution in [2.45, 2.75) is 32.4 Å². The molecule has 23 heavy (non-hydrogen) atoms. The second kappa shape index (κ2) is 6.68. The third-order valence-electron chi connectivity index (χ3n) is 3.76. The molecule has 0 bridgehead atoms. The number of amides is 2. The Morgan fingerprint density at radius 3 is 2.65 bits per heavy atom. The highest BCUT2D eigenvalue weighted by molar-refractivity contribution is 5.73. The summed E-state index contributed by atoms with van der Waals surface area (Å²) in [4.78, 5) is 24.0. The Hall–Kier alpha value is -2.57. The Morgan fingerprint density at radius 2 is 2.00 bits per heavy atom. The average molecular weight is 315 g/mol. The summed E-state index contributed by atoms with van der Waals surface area (Å²) in [5, 5.41) is 9.85. The van der Waals surface area contributed by atoms with E-state index in [1.54, 1.807) is 4.57 Å². The maximum absolute atomic E-state index is 12.6. The van der Waals surface area contributed by atoms with Crippen LogP contribution in [-0.4, -0.2) is 33.5 Å². The second-order valence-electron chi connectivity index (χ2n) is 5.58. The van der Waals surface area contributed by atoms with Gasteiger partial charge in [0.2, 0.25) is 0 Å². The van der Waals surface area contributed by atoms with Crippen LogP contribution in [0.3, 0.4) is 0 Å². The Labute approximate surface area is 134 Å². The molecule has 0 unspecified atom stereocenters. The molecule has 1 saturated carbocycles. The van der Waals surface area contributed by atoms with Crippen LogP contribution in [0, 0.1) is 0 Å². The van der Waals surface area contributed by atoms with Crippen LogP contribution in [0.15, 0.2) is 35.1 Å². The van der Waals surface area contributed by atoms with E-state index in [2.05, 4.69) is 15.7 Å². The monoisotopic (exact) mass is 315 g/mol. The van der Waals surface area contributed by atoms with Crippen LogP contribution >= 0.6 is 0 Å². The van der Waals surface area contributed by atoms with Gasteiger partial charge in [0.25, 0.3) is 0 Å². The van der Waals surface area contributed by atoms with Gasteiger partial charge in [-0.05, 0) is 19.8 Å². The van der Waals surface area contributed by atoms with E-state index < -0.39 is 0 Å². The molecule has 2 amide bonds. The van der Waals surface area contributed by atoms with Crippen molar-refractivity contribution in [2.24, 2.45) is 0 Å². The molecule has 1 fully saturated rings. The van der Waals surface area contributed by atoms with Crippen LogP contribution in [-0.2, 0) is 6.54 Å². The van der Waals surface area contributed by atoms with Crippen LogP contribution in [0.2, 0.25) is 0 Å². The minimum Gasteiger partial charge on any atom is -0.338 e. The van der Waals surface area contributed by atoms with E-state index in [-0.39, 0.29) is 17.8 Å². The molecule has 0 atom stereocenters. The second-order valence-corrected chi connectivity index (χ2v) is 5.58. The van der Waals surface area contributed by atoms with Crippen molar-refractivity contribution in [3.05, 3.63) is 40.8 Å². The highest BCUT2D eigenvalue weighted by atomic mass is 16.2. The maximum atomic E-state index is 12.6. The van der Waals surface area contributed by atoms with E-state index in [4.69, 9.17) is 0 Å². The molecule has 1 aromatic carbocycles. The minimum atomic E-state index is -0.231. The first-order valence-corrected chi connectivity index (χ1v) is 7.97. The van der Waals surface area contributed by atoms with Crippen LogP contribution in [0.5, 0.6) is 0 Å². The fourth-order valence-electron chi connectivity index (χ4n) is 2.51. The zero-order chi connectivity index (χ0) is 16.2. The molecule has 1 aromatic heterocycles. The summed E-state index contributed by atoms with van der Waals surface area (Å²) >= 11 is 0. The van der Waals surface area contributed by atoms with Gasteiger partial charge in [-0.15, -0.1) is 5.10 Å². The van der Waals surface area contributed by atoms with Gasteiger partial charge < -0.3 is 10.6 Å². The molecule has 3 rings (SSSR count). The lowest BCUT2D eigenvalue weighted by Gasteiger charge is -2.04. The summed E-state index contributed by atoms with van der Waals surface area (Å²) in [5.41, 5.74) is 0.830. The quantitative estimate of drug-likeness (QED) is 0.844. The first-order valence-electron chi connectivity index (χ1n) is 7.97. The fraction of sp³-hybridized carbons (Fsp3) is 0.438. The standard InChI is InChI=1S/C16H21N5O2/c1-2-17-15(22)18-10-11-20-16(23)21(13-8-9-13)14(19-20)12-6-4-3-5-7-12/h3-7,13H,2,8-11H2,1H3,(H2,17,18,22). The number of carbonyl (C=O) groups is 1. The van der Waals surface area contributed by atoms with Gasteiger partial charge in [0.15, 0.2) is 5.82 Å². The number of aromatic nitrogens is 3. The third kappa shape index (κ3) is 3.44. The fourth-order valence-corrected chi connectivity index (χ4v) is 2.51. The number of rotatable bonds is 6. The van der Waals surface area contributed by atoms with Crippen LogP contribution in [0.4, 0.5) is 4.79 Å². The van der Waals surface area contributed by atoms with E-state index >= 15 is 0 Å². The lowest BCUT2D eigenvalue weighted by atomic mass is 10.2. The third-order valence-corrected chi connectivity index (χ3v) is 3.76. The van der Waals surface area contributed by atoms with E-state index in [9.17, 15) is 9.59 Å². The molecule has 0 spiro atoms. The van der Waals surface area contributed by atoms with Crippen molar-refractivity contribution in [3.63, 3.8) is 0 Å². The molecule has 0 saturated heterocycles. The molecule has 0 aliphatic heterocycles. The molecule has 1 aliphatic rings. The van der Waals surface area contributed by atoms with Gasteiger partial charge in [0, 0.05) is 24.7 Å². The highest BCUT2D eigenvalue weighted by Crippen LogP contribution is 2.36. The first-order chi connectivity index (χ1) is 11.2. The lowest BCUT2D eigenvalue weighted by molar-refractivity contribution is 0.241. The smallest absolute Gasteiger partial charge is 0.338 e. The summed E-state index contributed by atoms with van der Waals surface area (Å²) in [7, 11) is 0. The molecule has 7 heteroatoms. The Bertz CT molecular complexity index is 731. The predicted octanol–water partition coefficient (Wildman–Crippen LogP) is 1.37. The Morgan fingerprint density at radius 1 is 1.26 bits per heavy atom. The van der Waals surface area contributed by atoms with Crippen molar-refractivity contribution >= 4 is 6.03 Å². The number of benzene rings is 1. The lowest BCUT2D eigenvalue weighted by Crippen LogP contribution is -2.38. The van der Waals surface area contributed by atoms with Crippen LogP contribution < -0.4 is 16.3 Å². The van der Waals surface area contributed by atoms with Crippen molar-refractivity contribution in [1.82, 2.24) is 25.0 Å². The molecule has 7 nitrogen and oxygen atoms in total. The molecular weight excluding hydrogens is 294 g/mol. The Balaban J connectivity index is 1.79. The van der Waals surface area contributed by atoms with E-state index in [0.717, 1.165) is 18.4 Å². The molecule has 1 heterocycles. The van der Waals surface area contributed by atoms with Gasteiger partial charge in [-0.25, -0.2) is 14.3 Å². The molecular formula is C16H21N5O2. The number of hydrogen-bond acceptors (Lipinski definition) is 3. The predicted molar refractivity (Wildman–Crippen MR) is 87.3 cm³/mol. The van der Waals surface area contributed by atoms with Gasteiger partial charge >= 0.3 is 11.7 Å². The van der Waals surface area contributed by atoms with Gasteiger partial charge in [0.05, 0.1) is 6.54 Å². The van der Waals surface area contributed by atoms with Crippen LogP contribution in [0.25, 0.3) is 11.4 Å². The maximum Gasteiger partial charge on any atom is 0.346 e. The number of nitrogens with zero attached hydrogens (tertiary/aromatic N) is 3. The summed E-state index contributed by atoms with van der Waals surface area (Å²) in [6.45, 7) is 3.14. The average Bonchev–Trinajstić information content (AvgIpc) is 3.34. The number of hydrogen-bond donors (Lipinski definition) is 2. The molecule has 2 N–H and O–H groups in total. The summed E-state index contributed by atoms with van der Waals surface area (Å²) < 4.78 is 3.22. The van der Waals surface area contributed by atoms with E-state index in [1.165, 1.54) is 4.68 Å². The molecule has 1 aliphatic carbocycles. The largest absolute Gasteiger partial charge is 0.346 e. The number of carbonyl (C=O) groups excluding carboxylic acids is 1. The molecule has 122 valence electrons. The number of nitrogens with one attached hydrogen (secondary N) is 2. The van der Waals surface area contributed by atoms with Gasteiger partial charge in [-0.1, -0.05) is 30.3 Å². The topological polar surface area (TPSA) is 81.0 Å². The zero-order valence-corrected chi connectivity index (χ0v) is 13.2. The van der Waals surface area contributed by atoms with E-state index in [1.807, 2.05) is 37.3 Å². The van der Waals surface area contributed by atoms with E-state index in [0.29, 0.717) is 25.5 Å². The van der Waals surface area contributed by atoms with Crippen molar-refractivity contribution < 1.29 is 4.79 Å².